The van der Waals surface area contributed by atoms with Gasteiger partial charge in [0.15, 0.2) is 0 Å². The van der Waals surface area contributed by atoms with Crippen LogP contribution in [0.1, 0.15) is 39.5 Å². The van der Waals surface area contributed by atoms with Crippen molar-refractivity contribution in [1.29, 1.82) is 0 Å². The van der Waals surface area contributed by atoms with Crippen LogP contribution in [0.5, 0.6) is 0 Å². The monoisotopic (exact) mass is 254 g/mol. The first-order valence-corrected chi connectivity index (χ1v) is 7.57. The van der Waals surface area contributed by atoms with E-state index in [-0.39, 0.29) is 0 Å². The maximum Gasteiger partial charge on any atom is 0.0601 e. The number of hydrogen-bond donors (Lipinski definition) is 0. The zero-order chi connectivity index (χ0) is 13.1. The molecular weight excluding hydrogens is 224 g/mol. The summed E-state index contributed by atoms with van der Waals surface area (Å²) in [5, 5.41) is 0. The fourth-order valence-corrected chi connectivity index (χ4v) is 3.33. The Morgan fingerprint density at radius 3 is 2.33 bits per heavy atom. The third kappa shape index (κ3) is 3.46. The molecule has 0 aromatic heterocycles. The first-order valence-electron chi connectivity index (χ1n) is 7.57. The first kappa shape index (κ1) is 14.3. The molecule has 3 heteroatoms. The molecule has 0 bridgehead atoms. The van der Waals surface area contributed by atoms with Crippen LogP contribution in [0.2, 0.25) is 0 Å². The van der Waals surface area contributed by atoms with E-state index in [0.29, 0.717) is 12.1 Å². The molecule has 2 fully saturated rings. The van der Waals surface area contributed by atoms with Gasteiger partial charge in [0.25, 0.3) is 0 Å². The molecule has 0 aromatic rings. The van der Waals surface area contributed by atoms with Crippen molar-refractivity contribution >= 4 is 0 Å². The summed E-state index contributed by atoms with van der Waals surface area (Å²) < 4.78 is 5.42. The summed E-state index contributed by atoms with van der Waals surface area (Å²) in [6.45, 7) is 8.54. The highest BCUT2D eigenvalue weighted by Gasteiger charge is 2.35. The van der Waals surface area contributed by atoms with Crippen LogP contribution in [0.15, 0.2) is 0 Å². The fraction of sp³-hybridized carbons (Fsp3) is 1.00. The largest absolute Gasteiger partial charge is 0.381 e. The minimum absolute atomic E-state index is 0.522. The van der Waals surface area contributed by atoms with Crippen LogP contribution >= 0.6 is 0 Å². The lowest BCUT2D eigenvalue weighted by molar-refractivity contribution is -0.0437. The highest BCUT2D eigenvalue weighted by molar-refractivity contribution is 4.90. The quantitative estimate of drug-likeness (QED) is 0.748. The number of ether oxygens (including phenoxy) is 1. The maximum atomic E-state index is 5.42. The lowest BCUT2D eigenvalue weighted by Crippen LogP contribution is -2.52. The lowest BCUT2D eigenvalue weighted by atomic mass is 9.85. The summed E-state index contributed by atoms with van der Waals surface area (Å²) >= 11 is 0. The normalized spacial score (nSPS) is 31.0. The molecule has 1 aliphatic carbocycles. The van der Waals surface area contributed by atoms with E-state index in [0.717, 1.165) is 12.0 Å². The predicted octanol–water partition coefficient (Wildman–Crippen LogP) is 2.22. The Labute approximate surface area is 112 Å². The molecule has 0 atom stereocenters. The molecule has 0 spiro atoms. The van der Waals surface area contributed by atoms with Crippen LogP contribution in [-0.4, -0.2) is 61.8 Å². The van der Waals surface area contributed by atoms with Crippen molar-refractivity contribution in [3.05, 3.63) is 0 Å². The number of nitrogens with zero attached hydrogens (tertiary/aromatic N) is 2. The number of piperidine rings is 1. The fourth-order valence-electron chi connectivity index (χ4n) is 3.33. The van der Waals surface area contributed by atoms with E-state index in [9.17, 15) is 0 Å². The van der Waals surface area contributed by atoms with Crippen LogP contribution in [0.25, 0.3) is 0 Å². The molecule has 2 aliphatic rings. The average Bonchev–Trinajstić information content (AvgIpc) is 2.28. The summed E-state index contributed by atoms with van der Waals surface area (Å²) in [6, 6.07) is 1.45. The summed E-state index contributed by atoms with van der Waals surface area (Å²) in [4.78, 5) is 5.19. The van der Waals surface area contributed by atoms with Gasteiger partial charge in [-0.1, -0.05) is 0 Å². The van der Waals surface area contributed by atoms with Crippen molar-refractivity contribution in [1.82, 2.24) is 9.80 Å². The zero-order valence-corrected chi connectivity index (χ0v) is 12.6. The van der Waals surface area contributed by atoms with Crippen molar-refractivity contribution < 1.29 is 4.74 Å². The van der Waals surface area contributed by atoms with E-state index in [1.807, 2.05) is 7.11 Å². The molecule has 18 heavy (non-hydrogen) atoms. The van der Waals surface area contributed by atoms with Crippen LogP contribution in [-0.2, 0) is 4.74 Å². The summed E-state index contributed by atoms with van der Waals surface area (Å²) in [6.07, 6.45) is 5.75. The number of methoxy groups -OCH3 is 1. The first-order chi connectivity index (χ1) is 8.60. The molecule has 0 amide bonds. The minimum Gasteiger partial charge on any atom is -0.381 e. The molecule has 1 aliphatic heterocycles. The molecule has 2 rings (SSSR count). The standard InChI is InChI=1S/C15H30N2O/c1-12(2)17(14-9-15(10-14)18-4)11-13-5-7-16(3)8-6-13/h12-15H,5-11H2,1-4H3. The Balaban J connectivity index is 1.80. The molecule has 1 saturated heterocycles. The van der Waals surface area contributed by atoms with Gasteiger partial charge in [-0.15, -0.1) is 0 Å². The number of likely N-dealkylation sites (tertiary alicyclic amines) is 1. The minimum atomic E-state index is 0.522. The van der Waals surface area contributed by atoms with Gasteiger partial charge in [0.1, 0.15) is 0 Å². The van der Waals surface area contributed by atoms with Crippen LogP contribution in [0, 0.1) is 5.92 Å². The van der Waals surface area contributed by atoms with Crippen molar-refractivity contribution in [3.63, 3.8) is 0 Å². The van der Waals surface area contributed by atoms with Crippen LogP contribution < -0.4 is 0 Å². The third-order valence-electron chi connectivity index (χ3n) is 4.84. The van der Waals surface area contributed by atoms with Gasteiger partial charge < -0.3 is 9.64 Å². The molecule has 1 heterocycles. The SMILES string of the molecule is COC1CC(N(CC2CCN(C)CC2)C(C)C)C1. The second-order valence-electron chi connectivity index (χ2n) is 6.52. The van der Waals surface area contributed by atoms with E-state index >= 15 is 0 Å². The van der Waals surface area contributed by atoms with Gasteiger partial charge in [0, 0.05) is 25.7 Å². The molecule has 0 unspecified atom stereocenters. The van der Waals surface area contributed by atoms with Crippen molar-refractivity contribution in [2.45, 2.75) is 57.7 Å². The average molecular weight is 254 g/mol. The highest BCUT2D eigenvalue weighted by Crippen LogP contribution is 2.31. The molecule has 0 N–H and O–H groups in total. The Morgan fingerprint density at radius 2 is 1.83 bits per heavy atom. The number of hydrogen-bond acceptors (Lipinski definition) is 3. The van der Waals surface area contributed by atoms with Gasteiger partial charge in [0.2, 0.25) is 0 Å². The lowest BCUT2D eigenvalue weighted by Gasteiger charge is -2.46. The summed E-state index contributed by atoms with van der Waals surface area (Å²) in [7, 11) is 4.09. The summed E-state index contributed by atoms with van der Waals surface area (Å²) in [5.41, 5.74) is 0. The second kappa shape index (κ2) is 6.36. The van der Waals surface area contributed by atoms with Gasteiger partial charge in [-0.25, -0.2) is 0 Å². The predicted molar refractivity (Wildman–Crippen MR) is 75.9 cm³/mol. The maximum absolute atomic E-state index is 5.42. The zero-order valence-electron chi connectivity index (χ0n) is 12.6. The van der Waals surface area contributed by atoms with Crippen LogP contribution in [0.3, 0.4) is 0 Å². The van der Waals surface area contributed by atoms with Crippen molar-refractivity contribution in [2.75, 3.05) is 33.8 Å². The Hall–Kier alpha value is -0.120. The highest BCUT2D eigenvalue weighted by atomic mass is 16.5. The van der Waals surface area contributed by atoms with Gasteiger partial charge in [0.05, 0.1) is 6.10 Å². The van der Waals surface area contributed by atoms with Crippen LogP contribution in [0.4, 0.5) is 0 Å². The van der Waals surface area contributed by atoms with Crippen molar-refractivity contribution in [2.24, 2.45) is 5.92 Å². The molecule has 0 aromatic carbocycles. The van der Waals surface area contributed by atoms with E-state index in [2.05, 4.69) is 30.7 Å². The number of rotatable bonds is 5. The van der Waals surface area contributed by atoms with E-state index in [4.69, 9.17) is 4.74 Å². The van der Waals surface area contributed by atoms with E-state index in [1.165, 1.54) is 45.3 Å². The van der Waals surface area contributed by atoms with Gasteiger partial charge in [-0.3, -0.25) is 4.90 Å². The molecule has 3 nitrogen and oxygen atoms in total. The Kier molecular flexibility index (Phi) is 5.05. The molecule has 0 radical (unpaired) electrons. The Morgan fingerprint density at radius 1 is 1.22 bits per heavy atom. The molecular formula is C15H30N2O. The van der Waals surface area contributed by atoms with Gasteiger partial charge in [-0.2, -0.15) is 0 Å². The topological polar surface area (TPSA) is 15.7 Å². The molecule has 106 valence electrons. The van der Waals surface area contributed by atoms with E-state index in [1.54, 1.807) is 0 Å². The molecule has 1 saturated carbocycles. The Bertz CT molecular complexity index is 243. The third-order valence-corrected chi connectivity index (χ3v) is 4.84. The summed E-state index contributed by atoms with van der Waals surface area (Å²) in [5.74, 6) is 0.908. The van der Waals surface area contributed by atoms with Gasteiger partial charge in [-0.05, 0) is 65.6 Å². The smallest absolute Gasteiger partial charge is 0.0601 e. The van der Waals surface area contributed by atoms with E-state index < -0.39 is 0 Å². The van der Waals surface area contributed by atoms with Gasteiger partial charge >= 0.3 is 0 Å². The van der Waals surface area contributed by atoms with Crippen molar-refractivity contribution in [3.8, 4) is 0 Å². The second-order valence-corrected chi connectivity index (χ2v) is 6.52.